The van der Waals surface area contributed by atoms with Crippen LogP contribution in [-0.2, 0) is 9.53 Å². The zero-order valence-electron chi connectivity index (χ0n) is 13.8. The lowest BCUT2D eigenvalue weighted by atomic mass is 9.88. The highest BCUT2D eigenvalue weighted by atomic mass is 32.1. The molecule has 2 fully saturated rings. The third-order valence-electron chi connectivity index (χ3n) is 5.25. The monoisotopic (exact) mass is 336 g/mol. The summed E-state index contributed by atoms with van der Waals surface area (Å²) in [5.41, 5.74) is 1.73. The zero-order valence-corrected chi connectivity index (χ0v) is 14.6. The molecule has 2 aliphatic rings. The van der Waals surface area contributed by atoms with Gasteiger partial charge in [0.05, 0.1) is 17.7 Å². The highest BCUT2D eigenvalue weighted by Crippen LogP contribution is 2.40. The van der Waals surface area contributed by atoms with Gasteiger partial charge in [-0.05, 0) is 44.1 Å². The molecule has 1 amide bonds. The number of hydrogen-bond acceptors (Lipinski definition) is 5. The van der Waals surface area contributed by atoms with E-state index in [2.05, 4.69) is 4.90 Å². The molecule has 1 atom stereocenters. The van der Waals surface area contributed by atoms with Gasteiger partial charge >= 0.3 is 5.97 Å². The van der Waals surface area contributed by atoms with E-state index in [4.69, 9.17) is 4.74 Å². The van der Waals surface area contributed by atoms with E-state index in [9.17, 15) is 9.59 Å². The van der Waals surface area contributed by atoms with Gasteiger partial charge in [-0.1, -0.05) is 0 Å². The summed E-state index contributed by atoms with van der Waals surface area (Å²) in [6.45, 7) is 4.81. The van der Waals surface area contributed by atoms with Crippen molar-refractivity contribution in [1.82, 2.24) is 4.90 Å². The summed E-state index contributed by atoms with van der Waals surface area (Å²) in [5.74, 6) is 0.386. The fourth-order valence-corrected chi connectivity index (χ4v) is 5.10. The molecule has 0 spiro atoms. The average Bonchev–Trinajstić information content (AvgIpc) is 3.20. The maximum atomic E-state index is 11.8. The molecule has 0 aliphatic carbocycles. The van der Waals surface area contributed by atoms with Crippen LogP contribution >= 0.6 is 11.3 Å². The number of hydrogen-bond donors (Lipinski definition) is 0. The van der Waals surface area contributed by atoms with Crippen molar-refractivity contribution < 1.29 is 14.3 Å². The van der Waals surface area contributed by atoms with E-state index in [-0.39, 0.29) is 5.97 Å². The van der Waals surface area contributed by atoms with Gasteiger partial charge in [0, 0.05) is 31.1 Å². The first-order valence-electron chi connectivity index (χ1n) is 8.28. The van der Waals surface area contributed by atoms with Crippen LogP contribution in [0.2, 0.25) is 0 Å². The van der Waals surface area contributed by atoms with E-state index >= 15 is 0 Å². The maximum absolute atomic E-state index is 11.8. The highest BCUT2D eigenvalue weighted by Gasteiger charge is 2.35. The van der Waals surface area contributed by atoms with Gasteiger partial charge in [-0.2, -0.15) is 0 Å². The minimum Gasteiger partial charge on any atom is -0.465 e. The number of amides is 1. The summed E-state index contributed by atoms with van der Waals surface area (Å²) in [4.78, 5) is 27.1. The average molecular weight is 336 g/mol. The molecule has 1 aromatic rings. The fourth-order valence-electron chi connectivity index (χ4n) is 3.95. The number of likely N-dealkylation sites (tertiary alicyclic amines) is 1. The first kappa shape index (κ1) is 16.3. The van der Waals surface area contributed by atoms with Crippen LogP contribution in [0.1, 0.15) is 41.6 Å². The van der Waals surface area contributed by atoms with Crippen molar-refractivity contribution >= 4 is 28.7 Å². The molecule has 2 saturated heterocycles. The fraction of sp³-hybridized carbons (Fsp3) is 0.647. The second kappa shape index (κ2) is 6.91. The summed E-state index contributed by atoms with van der Waals surface area (Å²) in [5, 5.41) is 3.13. The molecule has 0 saturated carbocycles. The first-order valence-corrected chi connectivity index (χ1v) is 9.16. The number of nitrogens with zero attached hydrogens (tertiary/aromatic N) is 2. The van der Waals surface area contributed by atoms with Gasteiger partial charge < -0.3 is 14.5 Å². The Kier molecular flexibility index (Phi) is 4.90. The van der Waals surface area contributed by atoms with E-state index in [1.807, 2.05) is 17.2 Å². The van der Waals surface area contributed by atoms with Crippen molar-refractivity contribution in [2.24, 2.45) is 5.92 Å². The second-order valence-electron chi connectivity index (χ2n) is 6.45. The zero-order chi connectivity index (χ0) is 16.4. The predicted molar refractivity (Wildman–Crippen MR) is 91.1 cm³/mol. The third-order valence-corrected chi connectivity index (χ3v) is 6.36. The van der Waals surface area contributed by atoms with Gasteiger partial charge in [0.25, 0.3) is 0 Å². The lowest BCUT2D eigenvalue weighted by Crippen LogP contribution is -2.42. The van der Waals surface area contributed by atoms with Crippen LogP contribution in [0.4, 0.5) is 5.00 Å². The predicted octanol–water partition coefficient (Wildman–Crippen LogP) is 2.68. The van der Waals surface area contributed by atoms with Gasteiger partial charge in [-0.3, -0.25) is 4.79 Å². The summed E-state index contributed by atoms with van der Waals surface area (Å²) in [7, 11) is 1.43. The van der Waals surface area contributed by atoms with Crippen molar-refractivity contribution in [3.05, 3.63) is 16.5 Å². The SMILES string of the molecule is COC(=O)c1csc(N2CCCC2C2CCN(C=O)CC2)c1C. The highest BCUT2D eigenvalue weighted by molar-refractivity contribution is 7.14. The normalized spacial score (nSPS) is 22.4. The molecule has 3 heterocycles. The van der Waals surface area contributed by atoms with Crippen LogP contribution in [0, 0.1) is 12.8 Å². The molecule has 5 nitrogen and oxygen atoms in total. The molecule has 0 N–H and O–H groups in total. The van der Waals surface area contributed by atoms with Gasteiger partial charge in [0.2, 0.25) is 6.41 Å². The number of methoxy groups -OCH3 is 1. The Morgan fingerprint density at radius 3 is 2.70 bits per heavy atom. The first-order chi connectivity index (χ1) is 11.2. The maximum Gasteiger partial charge on any atom is 0.339 e. The van der Waals surface area contributed by atoms with Crippen LogP contribution in [0.3, 0.4) is 0 Å². The van der Waals surface area contributed by atoms with Crippen molar-refractivity contribution in [2.45, 2.75) is 38.6 Å². The molecule has 0 radical (unpaired) electrons. The Morgan fingerprint density at radius 1 is 1.30 bits per heavy atom. The van der Waals surface area contributed by atoms with Gasteiger partial charge in [-0.25, -0.2) is 4.79 Å². The lowest BCUT2D eigenvalue weighted by molar-refractivity contribution is -0.119. The quantitative estimate of drug-likeness (QED) is 0.626. The topological polar surface area (TPSA) is 49.9 Å². The van der Waals surface area contributed by atoms with Gasteiger partial charge in [0.15, 0.2) is 0 Å². The number of ether oxygens (including phenoxy) is 1. The Bertz CT molecular complexity index is 578. The minimum absolute atomic E-state index is 0.250. The van der Waals surface area contributed by atoms with Gasteiger partial charge in [0.1, 0.15) is 0 Å². The molecule has 2 aliphatic heterocycles. The second-order valence-corrected chi connectivity index (χ2v) is 7.31. The number of esters is 1. The van der Waals surface area contributed by atoms with E-state index in [1.165, 1.54) is 25.0 Å². The Morgan fingerprint density at radius 2 is 2.04 bits per heavy atom. The molecule has 3 rings (SSSR count). The Hall–Kier alpha value is -1.56. The molecule has 0 aromatic carbocycles. The lowest BCUT2D eigenvalue weighted by Gasteiger charge is -2.37. The molecular formula is C17H24N2O3S. The van der Waals surface area contributed by atoms with Gasteiger partial charge in [-0.15, -0.1) is 11.3 Å². The molecule has 126 valence electrons. The standard InChI is InChI=1S/C17H24N2O3S/c1-12-14(17(21)22-2)10-23-16(12)19-7-3-4-15(19)13-5-8-18(11-20)9-6-13/h10-11,13,15H,3-9H2,1-2H3. The Balaban J connectivity index is 1.76. The van der Waals surface area contributed by atoms with Crippen molar-refractivity contribution in [2.75, 3.05) is 31.6 Å². The summed E-state index contributed by atoms with van der Waals surface area (Å²) in [6, 6.07) is 0.534. The van der Waals surface area contributed by atoms with Crippen molar-refractivity contribution in [3.8, 4) is 0 Å². The van der Waals surface area contributed by atoms with E-state index in [0.717, 1.165) is 44.4 Å². The van der Waals surface area contributed by atoms with Crippen LogP contribution in [0.5, 0.6) is 0 Å². The number of rotatable bonds is 4. The Labute approximate surface area is 141 Å². The molecule has 1 unspecified atom stereocenters. The molecule has 0 bridgehead atoms. The summed E-state index contributed by atoms with van der Waals surface area (Å²) >= 11 is 1.65. The minimum atomic E-state index is -0.250. The number of thiophene rings is 1. The molecule has 6 heteroatoms. The van der Waals surface area contributed by atoms with Crippen LogP contribution in [0.15, 0.2) is 5.38 Å². The van der Waals surface area contributed by atoms with Crippen LogP contribution < -0.4 is 4.90 Å². The molecular weight excluding hydrogens is 312 g/mol. The summed E-state index contributed by atoms with van der Waals surface area (Å²) < 4.78 is 4.87. The van der Waals surface area contributed by atoms with E-state index in [1.54, 1.807) is 11.3 Å². The number of piperidine rings is 1. The number of carbonyl (C=O) groups is 2. The smallest absolute Gasteiger partial charge is 0.339 e. The molecule has 1 aromatic heterocycles. The van der Waals surface area contributed by atoms with Crippen LogP contribution in [-0.4, -0.2) is 50.1 Å². The van der Waals surface area contributed by atoms with Crippen LogP contribution in [0.25, 0.3) is 0 Å². The van der Waals surface area contributed by atoms with Crippen molar-refractivity contribution in [1.29, 1.82) is 0 Å². The van der Waals surface area contributed by atoms with Crippen molar-refractivity contribution in [3.63, 3.8) is 0 Å². The number of carbonyl (C=O) groups excluding carboxylic acids is 2. The summed E-state index contributed by atoms with van der Waals surface area (Å²) in [6.07, 6.45) is 5.52. The third kappa shape index (κ3) is 3.09. The van der Waals surface area contributed by atoms with E-state index in [0.29, 0.717) is 17.5 Å². The largest absolute Gasteiger partial charge is 0.465 e. The van der Waals surface area contributed by atoms with E-state index < -0.39 is 0 Å². The number of anilines is 1. The molecule has 23 heavy (non-hydrogen) atoms.